The van der Waals surface area contributed by atoms with Gasteiger partial charge in [0.05, 0.1) is 25.8 Å². The molecule has 1 aromatic carbocycles. The first kappa shape index (κ1) is 18.3. The Labute approximate surface area is 146 Å². The van der Waals surface area contributed by atoms with Crippen LogP contribution in [0.25, 0.3) is 0 Å². The third kappa shape index (κ3) is 4.75. The van der Waals surface area contributed by atoms with Gasteiger partial charge in [0.1, 0.15) is 11.9 Å². The predicted octanol–water partition coefficient (Wildman–Crippen LogP) is 0.890. The first-order valence-corrected chi connectivity index (χ1v) is 8.03. The van der Waals surface area contributed by atoms with E-state index in [1.54, 1.807) is 11.0 Å². The van der Waals surface area contributed by atoms with Crippen molar-refractivity contribution in [3.8, 4) is 0 Å². The summed E-state index contributed by atoms with van der Waals surface area (Å²) in [5.74, 6) is -1.92. The van der Waals surface area contributed by atoms with Gasteiger partial charge in [-0.05, 0) is 18.2 Å². The highest BCUT2D eigenvalue weighted by atomic mass is 79.9. The quantitative estimate of drug-likeness (QED) is 0.715. The maximum atomic E-state index is 13.8. The summed E-state index contributed by atoms with van der Waals surface area (Å²) in [6.07, 6.45) is -0.151. The average Bonchev–Trinajstić information content (AvgIpc) is 2.53. The van der Waals surface area contributed by atoms with Gasteiger partial charge < -0.3 is 15.4 Å². The van der Waals surface area contributed by atoms with E-state index in [4.69, 9.17) is 0 Å². The molecule has 0 aliphatic carbocycles. The van der Waals surface area contributed by atoms with Crippen LogP contribution in [0.4, 0.5) is 10.1 Å². The highest BCUT2D eigenvalue weighted by molar-refractivity contribution is 9.10. The number of carbonyl (C=O) groups is 3. The molecule has 0 spiro atoms. The van der Waals surface area contributed by atoms with Gasteiger partial charge in [-0.1, -0.05) is 15.9 Å². The third-order valence-corrected chi connectivity index (χ3v) is 4.07. The highest BCUT2D eigenvalue weighted by Gasteiger charge is 2.33. The zero-order valence-corrected chi connectivity index (χ0v) is 14.6. The molecule has 130 valence electrons. The van der Waals surface area contributed by atoms with E-state index in [1.165, 1.54) is 19.2 Å². The van der Waals surface area contributed by atoms with E-state index in [2.05, 4.69) is 31.3 Å². The van der Waals surface area contributed by atoms with Crippen LogP contribution in [0.2, 0.25) is 0 Å². The normalized spacial score (nSPS) is 18.0. The molecule has 1 saturated heterocycles. The van der Waals surface area contributed by atoms with Crippen LogP contribution in [0.15, 0.2) is 22.7 Å². The Morgan fingerprint density at radius 2 is 2.25 bits per heavy atom. The van der Waals surface area contributed by atoms with Crippen molar-refractivity contribution in [2.24, 2.45) is 0 Å². The first-order chi connectivity index (χ1) is 11.4. The Morgan fingerprint density at radius 1 is 1.50 bits per heavy atom. The summed E-state index contributed by atoms with van der Waals surface area (Å²) in [5.41, 5.74) is 0.0502. The number of methoxy groups -OCH3 is 1. The third-order valence-electron chi connectivity index (χ3n) is 3.58. The number of nitrogens with one attached hydrogen (secondary N) is 2. The fraction of sp³-hybridized carbons (Fsp3) is 0.400. The van der Waals surface area contributed by atoms with E-state index >= 15 is 0 Å². The van der Waals surface area contributed by atoms with Crippen LogP contribution < -0.4 is 10.6 Å². The van der Waals surface area contributed by atoms with Crippen LogP contribution in [0.5, 0.6) is 0 Å². The van der Waals surface area contributed by atoms with Gasteiger partial charge in [0.2, 0.25) is 11.8 Å². The molecule has 7 nitrogen and oxygen atoms in total. The average molecular weight is 402 g/mol. The standard InChI is InChI=1S/C15H17BrFN3O4/c1-24-14(22)7-12-15(23)18-4-5-20(12)8-13(21)19-11-3-2-9(16)6-10(11)17/h2-3,6,12H,4-5,7-8H2,1H3,(H,18,23)(H,19,21)/t12-/m0/s1. The zero-order chi connectivity index (χ0) is 17.7. The minimum Gasteiger partial charge on any atom is -0.469 e. The molecule has 0 saturated carbocycles. The summed E-state index contributed by atoms with van der Waals surface area (Å²) < 4.78 is 18.9. The molecule has 1 fully saturated rings. The van der Waals surface area contributed by atoms with E-state index < -0.39 is 23.7 Å². The van der Waals surface area contributed by atoms with Crippen LogP contribution in [0.1, 0.15) is 6.42 Å². The number of amides is 2. The highest BCUT2D eigenvalue weighted by Crippen LogP contribution is 2.19. The van der Waals surface area contributed by atoms with Crippen molar-refractivity contribution >= 4 is 39.4 Å². The van der Waals surface area contributed by atoms with Crippen molar-refractivity contribution in [3.63, 3.8) is 0 Å². The lowest BCUT2D eigenvalue weighted by atomic mass is 10.1. The summed E-state index contributed by atoms with van der Waals surface area (Å²) in [6.45, 7) is 0.644. The minimum atomic E-state index is -0.785. The lowest BCUT2D eigenvalue weighted by Crippen LogP contribution is -2.57. The summed E-state index contributed by atoms with van der Waals surface area (Å²) in [5, 5.41) is 5.11. The molecule has 0 unspecified atom stereocenters. The van der Waals surface area contributed by atoms with E-state index in [9.17, 15) is 18.8 Å². The molecule has 1 heterocycles. The predicted molar refractivity (Wildman–Crippen MR) is 87.7 cm³/mol. The van der Waals surface area contributed by atoms with E-state index in [0.29, 0.717) is 17.6 Å². The van der Waals surface area contributed by atoms with Crippen molar-refractivity contribution in [3.05, 3.63) is 28.5 Å². The number of piperazine rings is 1. The largest absolute Gasteiger partial charge is 0.469 e. The number of anilines is 1. The van der Waals surface area contributed by atoms with Crippen LogP contribution in [0, 0.1) is 5.82 Å². The van der Waals surface area contributed by atoms with Crippen molar-refractivity contribution in [2.75, 3.05) is 32.1 Å². The Balaban J connectivity index is 2.02. The van der Waals surface area contributed by atoms with Gasteiger partial charge in [0.15, 0.2) is 0 Å². The summed E-state index contributed by atoms with van der Waals surface area (Å²) in [4.78, 5) is 37.1. The number of halogens is 2. The van der Waals surface area contributed by atoms with Gasteiger partial charge in [-0.15, -0.1) is 0 Å². The topological polar surface area (TPSA) is 87.7 Å². The number of benzene rings is 1. The van der Waals surface area contributed by atoms with E-state index in [1.807, 2.05) is 0 Å². The van der Waals surface area contributed by atoms with Gasteiger partial charge >= 0.3 is 5.97 Å². The van der Waals surface area contributed by atoms with E-state index in [0.717, 1.165) is 0 Å². The SMILES string of the molecule is COC(=O)C[C@H]1C(=O)NCCN1CC(=O)Nc1ccc(Br)cc1F. The molecule has 0 aromatic heterocycles. The molecule has 2 N–H and O–H groups in total. The molecular formula is C15H17BrFN3O4. The number of carbonyl (C=O) groups excluding carboxylic acids is 3. The molecule has 1 aliphatic heterocycles. The lowest BCUT2D eigenvalue weighted by Gasteiger charge is -2.33. The maximum absolute atomic E-state index is 13.8. The van der Waals surface area contributed by atoms with Crippen molar-refractivity contribution in [1.82, 2.24) is 10.2 Å². The van der Waals surface area contributed by atoms with Crippen molar-refractivity contribution in [1.29, 1.82) is 0 Å². The molecule has 1 aromatic rings. The lowest BCUT2D eigenvalue weighted by molar-refractivity contribution is -0.146. The van der Waals surface area contributed by atoms with Crippen LogP contribution in [-0.4, -0.2) is 55.5 Å². The van der Waals surface area contributed by atoms with Gasteiger partial charge in [-0.25, -0.2) is 4.39 Å². The Kier molecular flexibility index (Phi) is 6.27. The molecule has 1 atom stereocenters. The molecule has 1 aliphatic rings. The van der Waals surface area contributed by atoms with Crippen LogP contribution >= 0.6 is 15.9 Å². The zero-order valence-electron chi connectivity index (χ0n) is 13.0. The molecule has 2 rings (SSSR count). The van der Waals surface area contributed by atoms with Gasteiger partial charge in [0.25, 0.3) is 0 Å². The minimum absolute atomic E-state index is 0.0502. The Bertz CT molecular complexity index is 656. The van der Waals surface area contributed by atoms with Gasteiger partial charge in [-0.2, -0.15) is 0 Å². The molecular weight excluding hydrogens is 385 g/mol. The Hall–Kier alpha value is -2.00. The second-order valence-corrected chi connectivity index (χ2v) is 6.15. The second kappa shape index (κ2) is 8.20. The molecule has 0 bridgehead atoms. The van der Waals surface area contributed by atoms with Crippen LogP contribution in [0.3, 0.4) is 0 Å². The summed E-state index contributed by atoms with van der Waals surface area (Å²) in [7, 11) is 1.23. The molecule has 2 amide bonds. The number of esters is 1. The number of rotatable bonds is 5. The van der Waals surface area contributed by atoms with Gasteiger partial charge in [0, 0.05) is 17.6 Å². The van der Waals surface area contributed by atoms with Crippen molar-refractivity contribution < 1.29 is 23.5 Å². The fourth-order valence-corrected chi connectivity index (χ4v) is 2.71. The number of hydrogen-bond acceptors (Lipinski definition) is 5. The smallest absolute Gasteiger partial charge is 0.307 e. The molecule has 9 heteroatoms. The fourth-order valence-electron chi connectivity index (χ4n) is 2.38. The number of hydrogen-bond donors (Lipinski definition) is 2. The monoisotopic (exact) mass is 401 g/mol. The maximum Gasteiger partial charge on any atom is 0.307 e. The van der Waals surface area contributed by atoms with Crippen molar-refractivity contribution in [2.45, 2.75) is 12.5 Å². The summed E-state index contributed by atoms with van der Waals surface area (Å²) >= 11 is 3.14. The number of ether oxygens (including phenoxy) is 1. The Morgan fingerprint density at radius 3 is 2.92 bits per heavy atom. The second-order valence-electron chi connectivity index (χ2n) is 5.23. The molecule has 24 heavy (non-hydrogen) atoms. The number of nitrogens with zero attached hydrogens (tertiary/aromatic N) is 1. The molecule has 0 radical (unpaired) electrons. The first-order valence-electron chi connectivity index (χ1n) is 7.24. The van der Waals surface area contributed by atoms with Gasteiger partial charge in [-0.3, -0.25) is 19.3 Å². The van der Waals surface area contributed by atoms with Crippen LogP contribution in [-0.2, 0) is 19.1 Å². The van der Waals surface area contributed by atoms with E-state index in [-0.39, 0.29) is 24.6 Å². The summed E-state index contributed by atoms with van der Waals surface area (Å²) in [6, 6.07) is 3.50.